The fraction of sp³-hybridized carbons (Fsp3) is 0.581. The lowest BCUT2D eigenvalue weighted by atomic mass is 9.43. The number of nitrogens with zero attached hydrogens (tertiary/aromatic N) is 1. The van der Waals surface area contributed by atoms with Crippen LogP contribution in [0, 0.1) is 22.7 Å². The van der Waals surface area contributed by atoms with Gasteiger partial charge in [0.2, 0.25) is 0 Å². The lowest BCUT2D eigenvalue weighted by molar-refractivity contribution is -0.251. The molecule has 5 rings (SSSR count). The first kappa shape index (κ1) is 28.8. The first-order valence-electron chi connectivity index (χ1n) is 14.0. The number of ether oxygens (including phenoxy) is 4. The van der Waals surface area contributed by atoms with Crippen molar-refractivity contribution < 1.29 is 37.7 Å². The van der Waals surface area contributed by atoms with Crippen LogP contribution in [0.25, 0.3) is 11.3 Å². The molecule has 0 N–H and O–H groups in total. The molecule has 2 aromatic rings. The van der Waals surface area contributed by atoms with E-state index in [2.05, 4.69) is 11.9 Å². The quantitative estimate of drug-likeness (QED) is 0.381. The molecule has 220 valence electrons. The van der Waals surface area contributed by atoms with Crippen molar-refractivity contribution in [3.05, 3.63) is 46.6 Å². The molecule has 3 aliphatic rings. The molecule has 0 amide bonds. The predicted octanol–water partition coefficient (Wildman–Crippen LogP) is 4.26. The SMILES string of the molecule is CC(=O)OC[C@@]1(C)[C@@H]2C[C@H](OC(C)=O)[C@@]3(C)Oc4cc(-c5cccnc5)oc(=O)c4C[C@@H]3[C@@]2(C)CC[C@@H]1OC(C)=O. The molecule has 0 bridgehead atoms. The van der Waals surface area contributed by atoms with Crippen LogP contribution in [0.4, 0.5) is 0 Å². The van der Waals surface area contributed by atoms with Crippen LogP contribution in [0.5, 0.6) is 5.75 Å². The molecule has 0 radical (unpaired) electrons. The second-order valence-electron chi connectivity index (χ2n) is 12.3. The molecule has 7 atom stereocenters. The average molecular weight is 568 g/mol. The van der Waals surface area contributed by atoms with Crippen molar-refractivity contribution in [2.45, 2.75) is 85.0 Å². The van der Waals surface area contributed by atoms with Gasteiger partial charge in [0.05, 0.1) is 5.56 Å². The number of hydrogen-bond acceptors (Lipinski definition) is 10. The van der Waals surface area contributed by atoms with Crippen molar-refractivity contribution >= 4 is 17.9 Å². The van der Waals surface area contributed by atoms with Gasteiger partial charge in [-0.3, -0.25) is 19.4 Å². The highest BCUT2D eigenvalue weighted by atomic mass is 16.6. The molecule has 2 fully saturated rings. The van der Waals surface area contributed by atoms with Gasteiger partial charge in [0, 0.05) is 56.1 Å². The number of aromatic nitrogens is 1. The van der Waals surface area contributed by atoms with E-state index in [4.69, 9.17) is 23.4 Å². The molecule has 3 heterocycles. The van der Waals surface area contributed by atoms with Gasteiger partial charge in [-0.2, -0.15) is 0 Å². The Hall–Kier alpha value is -3.69. The zero-order valence-corrected chi connectivity index (χ0v) is 24.4. The highest BCUT2D eigenvalue weighted by Gasteiger charge is 2.68. The highest BCUT2D eigenvalue weighted by molar-refractivity contribution is 5.67. The second-order valence-corrected chi connectivity index (χ2v) is 12.3. The molecule has 0 unspecified atom stereocenters. The number of fused-ring (bicyclic) bond motifs is 4. The Balaban J connectivity index is 1.62. The minimum Gasteiger partial charge on any atom is -0.483 e. The van der Waals surface area contributed by atoms with Gasteiger partial charge in [-0.25, -0.2) is 4.79 Å². The average Bonchev–Trinajstić information content (AvgIpc) is 2.90. The van der Waals surface area contributed by atoms with E-state index in [1.165, 1.54) is 20.8 Å². The standard InChI is InChI=1S/C31H37NO9/c1-17(33)37-16-30(5)24-14-27(39-19(3)35)31(6)25(29(24,4)10-9-26(30)38-18(2)34)12-21-23(41-31)13-22(40-28(21)36)20-8-7-11-32-15-20/h7-8,11,13,15,24-27H,9-10,12,14,16H2,1-6H3/t24-,25-,26+,27+,29+,30+,31+/m1/s1. The Morgan fingerprint density at radius 2 is 1.73 bits per heavy atom. The third-order valence-electron chi connectivity index (χ3n) is 9.75. The summed E-state index contributed by atoms with van der Waals surface area (Å²) in [5, 5.41) is 0. The van der Waals surface area contributed by atoms with E-state index in [1.54, 1.807) is 30.6 Å². The summed E-state index contributed by atoms with van der Waals surface area (Å²) >= 11 is 0. The Kier molecular flexibility index (Phi) is 7.24. The monoisotopic (exact) mass is 567 g/mol. The lowest BCUT2D eigenvalue weighted by Gasteiger charge is -2.65. The Morgan fingerprint density at radius 1 is 1.02 bits per heavy atom. The fourth-order valence-electron chi connectivity index (χ4n) is 7.85. The number of pyridine rings is 1. The summed E-state index contributed by atoms with van der Waals surface area (Å²) in [6.45, 7) is 10.2. The van der Waals surface area contributed by atoms with Gasteiger partial charge in [-0.15, -0.1) is 0 Å². The first-order chi connectivity index (χ1) is 19.3. The Morgan fingerprint density at radius 3 is 2.37 bits per heavy atom. The van der Waals surface area contributed by atoms with Gasteiger partial charge in [0.1, 0.15) is 35.9 Å². The van der Waals surface area contributed by atoms with Crippen molar-refractivity contribution in [3.63, 3.8) is 0 Å². The predicted molar refractivity (Wildman–Crippen MR) is 146 cm³/mol. The molecule has 2 saturated carbocycles. The van der Waals surface area contributed by atoms with Crippen LogP contribution in [-0.4, -0.2) is 47.3 Å². The van der Waals surface area contributed by atoms with Gasteiger partial charge in [-0.1, -0.05) is 13.8 Å². The Labute approximate surface area is 238 Å². The van der Waals surface area contributed by atoms with Gasteiger partial charge in [0.25, 0.3) is 0 Å². The van der Waals surface area contributed by atoms with Crippen LogP contribution < -0.4 is 10.4 Å². The maximum absolute atomic E-state index is 13.4. The van der Waals surface area contributed by atoms with Crippen LogP contribution in [0.1, 0.15) is 66.4 Å². The first-order valence-corrected chi connectivity index (χ1v) is 14.0. The molecule has 41 heavy (non-hydrogen) atoms. The normalized spacial score (nSPS) is 33.7. The summed E-state index contributed by atoms with van der Waals surface area (Å²) in [6.07, 6.45) is 3.99. The zero-order chi connectivity index (χ0) is 29.7. The number of esters is 3. The highest BCUT2D eigenvalue weighted by Crippen LogP contribution is 2.65. The molecule has 0 saturated heterocycles. The summed E-state index contributed by atoms with van der Waals surface area (Å²) < 4.78 is 29.8. The molecule has 0 aromatic carbocycles. The van der Waals surface area contributed by atoms with E-state index < -0.39 is 52.2 Å². The summed E-state index contributed by atoms with van der Waals surface area (Å²) in [5.74, 6) is -1.05. The summed E-state index contributed by atoms with van der Waals surface area (Å²) in [6, 6.07) is 5.26. The second kappa shape index (κ2) is 10.3. The van der Waals surface area contributed by atoms with Crippen LogP contribution in [-0.2, 0) is 35.0 Å². The van der Waals surface area contributed by atoms with Crippen LogP contribution >= 0.6 is 0 Å². The molecule has 1 aliphatic heterocycles. The van der Waals surface area contributed by atoms with Gasteiger partial charge >= 0.3 is 23.5 Å². The Bertz CT molecular complexity index is 1420. The molecule has 10 nitrogen and oxygen atoms in total. The number of carbonyl (C=O) groups excluding carboxylic acids is 3. The molecule has 2 aliphatic carbocycles. The number of rotatable bonds is 5. The molecule has 0 spiro atoms. The van der Waals surface area contributed by atoms with Gasteiger partial charge in [-0.05, 0) is 56.1 Å². The van der Waals surface area contributed by atoms with E-state index >= 15 is 0 Å². The maximum atomic E-state index is 13.4. The summed E-state index contributed by atoms with van der Waals surface area (Å²) in [4.78, 5) is 53.9. The number of hydrogen-bond donors (Lipinski definition) is 0. The smallest absolute Gasteiger partial charge is 0.343 e. The van der Waals surface area contributed by atoms with E-state index in [0.717, 1.165) is 0 Å². The van der Waals surface area contributed by atoms with Gasteiger partial charge < -0.3 is 23.4 Å². The van der Waals surface area contributed by atoms with E-state index in [9.17, 15) is 19.2 Å². The topological polar surface area (TPSA) is 131 Å². The van der Waals surface area contributed by atoms with Crippen LogP contribution in [0.2, 0.25) is 0 Å². The van der Waals surface area contributed by atoms with Crippen molar-refractivity contribution in [1.29, 1.82) is 0 Å². The molecule has 2 aromatic heterocycles. The van der Waals surface area contributed by atoms with E-state index in [1.807, 2.05) is 13.8 Å². The summed E-state index contributed by atoms with van der Waals surface area (Å²) in [5.41, 5.74) is -1.63. The minimum atomic E-state index is -0.972. The fourth-order valence-corrected chi connectivity index (χ4v) is 7.85. The van der Waals surface area contributed by atoms with Crippen molar-refractivity contribution in [2.75, 3.05) is 6.61 Å². The van der Waals surface area contributed by atoms with Crippen molar-refractivity contribution in [1.82, 2.24) is 4.98 Å². The van der Waals surface area contributed by atoms with Crippen LogP contribution in [0.15, 0.2) is 39.8 Å². The lowest BCUT2D eigenvalue weighted by Crippen LogP contribution is -2.70. The van der Waals surface area contributed by atoms with Gasteiger partial charge in [0.15, 0.2) is 0 Å². The van der Waals surface area contributed by atoms with Crippen molar-refractivity contribution in [3.8, 4) is 17.1 Å². The van der Waals surface area contributed by atoms with Crippen molar-refractivity contribution in [2.24, 2.45) is 22.7 Å². The summed E-state index contributed by atoms with van der Waals surface area (Å²) in [7, 11) is 0. The maximum Gasteiger partial charge on any atom is 0.343 e. The third kappa shape index (κ3) is 4.91. The van der Waals surface area contributed by atoms with E-state index in [-0.39, 0.29) is 18.4 Å². The van der Waals surface area contributed by atoms with E-state index in [0.29, 0.717) is 48.3 Å². The third-order valence-corrected chi connectivity index (χ3v) is 9.75. The molecular weight excluding hydrogens is 530 g/mol. The minimum absolute atomic E-state index is 0.0326. The number of carbonyl (C=O) groups is 3. The molecular formula is C31H37NO9. The molecule has 10 heteroatoms. The van der Waals surface area contributed by atoms with Crippen LogP contribution in [0.3, 0.4) is 0 Å². The zero-order valence-electron chi connectivity index (χ0n) is 24.4. The largest absolute Gasteiger partial charge is 0.483 e.